The highest BCUT2D eigenvalue weighted by molar-refractivity contribution is 5.79. The minimum absolute atomic E-state index is 0.00479. The predicted molar refractivity (Wildman–Crippen MR) is 150 cm³/mol. The number of rotatable bonds is 8. The number of carboxylic acid groups (broad SMARTS) is 1. The Balaban J connectivity index is 1.17. The third-order valence-corrected chi connectivity index (χ3v) is 8.75. The maximum Gasteiger partial charge on any atom is 0.410 e. The molecule has 0 saturated carbocycles. The summed E-state index contributed by atoms with van der Waals surface area (Å²) in [5, 5.41) is 9.25. The van der Waals surface area contributed by atoms with Crippen molar-refractivity contribution in [3.63, 3.8) is 0 Å². The first-order valence-corrected chi connectivity index (χ1v) is 14.2. The predicted octanol–water partition coefficient (Wildman–Crippen LogP) is 6.01. The molecule has 1 N–H and O–H groups in total. The fraction of sp³-hybridized carbons (Fsp3) is 0.394. The second kappa shape index (κ2) is 11.2. The van der Waals surface area contributed by atoms with Crippen molar-refractivity contribution in [2.24, 2.45) is 11.8 Å². The normalized spacial score (nSPS) is 22.3. The number of aliphatic carboxylic acids is 1. The zero-order chi connectivity index (χ0) is 26.8. The number of amides is 1. The Morgan fingerprint density at radius 3 is 2.21 bits per heavy atom. The van der Waals surface area contributed by atoms with Gasteiger partial charge in [0.25, 0.3) is 0 Å². The summed E-state index contributed by atoms with van der Waals surface area (Å²) in [7, 11) is 0. The first-order valence-electron chi connectivity index (χ1n) is 14.2. The van der Waals surface area contributed by atoms with Crippen LogP contribution in [-0.2, 0) is 16.1 Å². The van der Waals surface area contributed by atoms with Crippen molar-refractivity contribution in [2.45, 2.75) is 44.2 Å². The molecule has 0 aromatic heterocycles. The van der Waals surface area contributed by atoms with Gasteiger partial charge in [0.1, 0.15) is 6.61 Å². The zero-order valence-corrected chi connectivity index (χ0v) is 22.2. The largest absolute Gasteiger partial charge is 0.481 e. The lowest BCUT2D eigenvalue weighted by atomic mass is 9.77. The van der Waals surface area contributed by atoms with Gasteiger partial charge in [0.05, 0.1) is 0 Å². The average Bonchev–Trinajstić information content (AvgIpc) is 3.26. The number of nitrogens with zero attached hydrogens (tertiary/aromatic N) is 2. The van der Waals surface area contributed by atoms with Gasteiger partial charge in [-0.25, -0.2) is 4.79 Å². The van der Waals surface area contributed by atoms with E-state index in [9.17, 15) is 14.7 Å². The van der Waals surface area contributed by atoms with Crippen LogP contribution in [0.1, 0.15) is 48.3 Å². The lowest BCUT2D eigenvalue weighted by Crippen LogP contribution is -2.59. The average molecular weight is 525 g/mol. The molecule has 3 aromatic rings. The Kier molecular flexibility index (Phi) is 7.38. The molecule has 3 atom stereocenters. The van der Waals surface area contributed by atoms with Crippen molar-refractivity contribution in [3.05, 3.63) is 95.6 Å². The van der Waals surface area contributed by atoms with Crippen LogP contribution in [0, 0.1) is 11.8 Å². The maximum absolute atomic E-state index is 13.7. The summed E-state index contributed by atoms with van der Waals surface area (Å²) in [6, 6.07) is 27.3. The van der Waals surface area contributed by atoms with E-state index < -0.39 is 5.97 Å². The smallest absolute Gasteiger partial charge is 0.410 e. The number of fused-ring (bicyclic) bond motifs is 5. The standard InChI is InChI=1S/C33H36N2O4/c36-32(37)16-8-15-31-25-17-24(19-34(21-25)18-23-9-2-1-3-10-23)20-35(31)33(38)39-22-30-28-13-6-4-11-26(28)27-12-5-7-14-29(27)30/h1-7,9-14,24-25,30-31H,8,15-22H2,(H,36,37). The van der Waals surface area contributed by atoms with Gasteiger partial charge < -0.3 is 14.7 Å². The molecule has 6 nitrogen and oxygen atoms in total. The van der Waals surface area contributed by atoms with E-state index in [2.05, 4.69) is 65.6 Å². The summed E-state index contributed by atoms with van der Waals surface area (Å²) in [5.41, 5.74) is 6.14. The molecule has 202 valence electrons. The van der Waals surface area contributed by atoms with Crippen LogP contribution in [0.25, 0.3) is 11.1 Å². The number of likely N-dealkylation sites (tertiary alicyclic amines) is 2. The van der Waals surface area contributed by atoms with E-state index in [1.807, 2.05) is 23.1 Å². The van der Waals surface area contributed by atoms with Crippen molar-refractivity contribution in [1.82, 2.24) is 9.80 Å². The van der Waals surface area contributed by atoms with E-state index in [1.54, 1.807) is 0 Å². The van der Waals surface area contributed by atoms with E-state index in [-0.39, 0.29) is 24.5 Å². The van der Waals surface area contributed by atoms with E-state index in [0.717, 1.165) is 26.1 Å². The number of carboxylic acids is 1. The molecular formula is C33H36N2O4. The SMILES string of the molecule is O=C(O)CCCC1C2CC(CN(Cc3ccccc3)C2)CN1C(=O)OCC1c2ccccc2-c2ccccc21. The second-order valence-corrected chi connectivity index (χ2v) is 11.4. The molecule has 1 amide bonds. The Bertz CT molecular complexity index is 1280. The van der Waals surface area contributed by atoms with Crippen molar-refractivity contribution < 1.29 is 19.4 Å². The Morgan fingerprint density at radius 1 is 0.846 bits per heavy atom. The van der Waals surface area contributed by atoms with Gasteiger partial charge in [-0.2, -0.15) is 0 Å². The molecule has 2 heterocycles. The minimum Gasteiger partial charge on any atom is -0.481 e. The van der Waals surface area contributed by atoms with Gasteiger partial charge in [0.2, 0.25) is 0 Å². The molecule has 0 spiro atoms. The van der Waals surface area contributed by atoms with Gasteiger partial charge in [-0.1, -0.05) is 78.9 Å². The first kappa shape index (κ1) is 25.6. The van der Waals surface area contributed by atoms with E-state index in [0.29, 0.717) is 37.8 Å². The highest BCUT2D eigenvalue weighted by Crippen LogP contribution is 2.45. The molecule has 2 fully saturated rings. The van der Waals surface area contributed by atoms with Crippen LogP contribution in [0.2, 0.25) is 0 Å². The molecule has 2 saturated heterocycles. The van der Waals surface area contributed by atoms with Crippen molar-refractivity contribution in [2.75, 3.05) is 26.2 Å². The molecule has 3 unspecified atom stereocenters. The van der Waals surface area contributed by atoms with Crippen molar-refractivity contribution in [3.8, 4) is 11.1 Å². The van der Waals surface area contributed by atoms with Crippen molar-refractivity contribution in [1.29, 1.82) is 0 Å². The Hall–Kier alpha value is -3.64. The van der Waals surface area contributed by atoms with Crippen LogP contribution in [-0.4, -0.2) is 59.3 Å². The number of carbonyl (C=O) groups excluding carboxylic acids is 1. The summed E-state index contributed by atoms with van der Waals surface area (Å²) >= 11 is 0. The summed E-state index contributed by atoms with van der Waals surface area (Å²) in [4.78, 5) is 29.4. The molecule has 2 aliphatic heterocycles. The van der Waals surface area contributed by atoms with Crippen LogP contribution in [0.5, 0.6) is 0 Å². The number of carbonyl (C=O) groups is 2. The van der Waals surface area contributed by atoms with Gasteiger partial charge in [0.15, 0.2) is 0 Å². The van der Waals surface area contributed by atoms with Gasteiger partial charge >= 0.3 is 12.1 Å². The topological polar surface area (TPSA) is 70.1 Å². The van der Waals surface area contributed by atoms with Gasteiger partial charge in [0, 0.05) is 44.6 Å². The fourth-order valence-corrected chi connectivity index (χ4v) is 7.14. The minimum atomic E-state index is -0.786. The molecule has 0 radical (unpaired) electrons. The van der Waals surface area contributed by atoms with Crippen LogP contribution < -0.4 is 0 Å². The maximum atomic E-state index is 13.7. The molecule has 1 aliphatic carbocycles. The summed E-state index contributed by atoms with van der Waals surface area (Å²) < 4.78 is 6.08. The summed E-state index contributed by atoms with van der Waals surface area (Å²) in [6.45, 7) is 3.74. The van der Waals surface area contributed by atoms with Crippen LogP contribution in [0.15, 0.2) is 78.9 Å². The summed E-state index contributed by atoms with van der Waals surface area (Å²) in [5.74, 6) is -0.0534. The number of hydrogen-bond acceptors (Lipinski definition) is 4. The molecule has 39 heavy (non-hydrogen) atoms. The van der Waals surface area contributed by atoms with Gasteiger partial charge in [-0.3, -0.25) is 9.69 Å². The third-order valence-electron chi connectivity index (χ3n) is 8.75. The first-order chi connectivity index (χ1) is 19.1. The quantitative estimate of drug-likeness (QED) is 0.391. The molecule has 6 rings (SSSR count). The fourth-order valence-electron chi connectivity index (χ4n) is 7.14. The van der Waals surface area contributed by atoms with Gasteiger partial charge in [-0.05, 0) is 58.9 Å². The lowest BCUT2D eigenvalue weighted by Gasteiger charge is -2.50. The van der Waals surface area contributed by atoms with Gasteiger partial charge in [-0.15, -0.1) is 0 Å². The van der Waals surface area contributed by atoms with E-state index in [1.165, 1.54) is 27.8 Å². The van der Waals surface area contributed by atoms with Crippen molar-refractivity contribution >= 4 is 12.1 Å². The van der Waals surface area contributed by atoms with E-state index >= 15 is 0 Å². The highest BCUT2D eigenvalue weighted by Gasteiger charge is 2.43. The molecule has 6 heteroatoms. The molecule has 2 bridgehead atoms. The highest BCUT2D eigenvalue weighted by atomic mass is 16.6. The summed E-state index contributed by atoms with van der Waals surface area (Å²) in [6.07, 6.45) is 2.19. The number of benzene rings is 3. The molecular weight excluding hydrogens is 488 g/mol. The Morgan fingerprint density at radius 2 is 1.51 bits per heavy atom. The molecule has 3 aliphatic rings. The van der Waals surface area contributed by atoms with Crippen LogP contribution in [0.4, 0.5) is 4.79 Å². The third kappa shape index (κ3) is 5.44. The number of ether oxygens (including phenoxy) is 1. The second-order valence-electron chi connectivity index (χ2n) is 11.4. The van der Waals surface area contributed by atoms with Crippen LogP contribution in [0.3, 0.4) is 0 Å². The number of piperidine rings is 2. The van der Waals surface area contributed by atoms with Crippen LogP contribution >= 0.6 is 0 Å². The zero-order valence-electron chi connectivity index (χ0n) is 22.2. The van der Waals surface area contributed by atoms with E-state index in [4.69, 9.17) is 4.74 Å². The number of hydrogen-bond donors (Lipinski definition) is 1. The monoisotopic (exact) mass is 524 g/mol. The molecule has 3 aromatic carbocycles. The lowest BCUT2D eigenvalue weighted by molar-refractivity contribution is -0.137. The Labute approximate surface area is 230 Å².